The Morgan fingerprint density at radius 1 is 1.39 bits per heavy atom. The number of ether oxygens (including phenoxy) is 1. The topological polar surface area (TPSA) is 102 Å². The molecule has 0 heterocycles. The van der Waals surface area contributed by atoms with Crippen LogP contribution in [0.5, 0.6) is 0 Å². The number of sulfonamides is 1. The van der Waals surface area contributed by atoms with E-state index < -0.39 is 16.1 Å². The number of nitrogens with two attached hydrogens (primary N) is 1. The first-order chi connectivity index (χ1) is 8.49. The second kappa shape index (κ2) is 6.69. The highest BCUT2D eigenvalue weighted by Gasteiger charge is 2.19. The maximum atomic E-state index is 12.0. The van der Waals surface area contributed by atoms with Crippen LogP contribution in [0.15, 0.2) is 29.2 Å². The molecule has 0 aliphatic carbocycles. The fourth-order valence-corrected chi connectivity index (χ4v) is 2.72. The zero-order valence-electron chi connectivity index (χ0n) is 10.2. The van der Waals surface area contributed by atoms with E-state index in [-0.39, 0.29) is 18.1 Å². The Bertz CT molecular complexity index is 452. The van der Waals surface area contributed by atoms with Crippen LogP contribution < -0.4 is 10.5 Å². The van der Waals surface area contributed by atoms with Crippen molar-refractivity contribution in [1.82, 2.24) is 4.72 Å². The molecule has 0 radical (unpaired) electrons. The number of hydrogen-bond donors (Lipinski definition) is 3. The van der Waals surface area contributed by atoms with Crippen molar-refractivity contribution in [2.75, 3.05) is 26.1 Å². The predicted octanol–water partition coefficient (Wildman–Crippen LogP) is -0.0555. The van der Waals surface area contributed by atoms with E-state index in [1.165, 1.54) is 31.4 Å². The molecule has 7 heteroatoms. The quantitative estimate of drug-likeness (QED) is 0.605. The first-order valence-corrected chi connectivity index (χ1v) is 6.95. The largest absolute Gasteiger partial charge is 0.399 e. The van der Waals surface area contributed by atoms with Crippen molar-refractivity contribution < 1.29 is 18.3 Å². The lowest BCUT2D eigenvalue weighted by Gasteiger charge is -2.16. The van der Waals surface area contributed by atoms with Crippen molar-refractivity contribution in [3.63, 3.8) is 0 Å². The number of methoxy groups -OCH3 is 1. The highest BCUT2D eigenvalue weighted by molar-refractivity contribution is 7.89. The normalized spacial score (nSPS) is 13.4. The summed E-state index contributed by atoms with van der Waals surface area (Å²) in [5.41, 5.74) is 6.00. The highest BCUT2D eigenvalue weighted by Crippen LogP contribution is 2.12. The first-order valence-electron chi connectivity index (χ1n) is 5.47. The second-order valence-electron chi connectivity index (χ2n) is 3.85. The molecule has 0 aliphatic rings. The summed E-state index contributed by atoms with van der Waals surface area (Å²) < 4.78 is 31.4. The lowest BCUT2D eigenvalue weighted by Crippen LogP contribution is -2.38. The van der Waals surface area contributed by atoms with Crippen molar-refractivity contribution in [2.24, 2.45) is 0 Å². The number of nitrogen functional groups attached to an aromatic ring is 1. The van der Waals surface area contributed by atoms with Gasteiger partial charge in [0.1, 0.15) is 0 Å². The van der Waals surface area contributed by atoms with E-state index >= 15 is 0 Å². The molecule has 0 aliphatic heterocycles. The summed E-state index contributed by atoms with van der Waals surface area (Å²) in [4.78, 5) is 0.135. The fraction of sp³-hybridized carbons (Fsp3) is 0.455. The van der Waals surface area contributed by atoms with Gasteiger partial charge in [-0.15, -0.1) is 0 Å². The van der Waals surface area contributed by atoms with Crippen molar-refractivity contribution in [3.05, 3.63) is 24.3 Å². The number of benzene rings is 1. The predicted molar refractivity (Wildman–Crippen MR) is 68.5 cm³/mol. The van der Waals surface area contributed by atoms with Gasteiger partial charge in [-0.3, -0.25) is 0 Å². The summed E-state index contributed by atoms with van der Waals surface area (Å²) in [5, 5.41) is 8.86. The van der Waals surface area contributed by atoms with Crippen LogP contribution in [0.25, 0.3) is 0 Å². The van der Waals surface area contributed by atoms with Gasteiger partial charge in [-0.1, -0.05) is 0 Å². The molecule has 1 aromatic carbocycles. The number of anilines is 1. The number of rotatable bonds is 7. The van der Waals surface area contributed by atoms with Crippen LogP contribution in [0.3, 0.4) is 0 Å². The fourth-order valence-electron chi connectivity index (χ4n) is 1.47. The molecule has 0 spiro atoms. The van der Waals surface area contributed by atoms with E-state index in [1.807, 2.05) is 0 Å². The Kier molecular flexibility index (Phi) is 5.54. The summed E-state index contributed by atoms with van der Waals surface area (Å²) in [6, 6.07) is 5.45. The molecule has 0 amide bonds. The van der Waals surface area contributed by atoms with Gasteiger partial charge in [0.05, 0.1) is 11.5 Å². The molecular weight excluding hydrogens is 256 g/mol. The van der Waals surface area contributed by atoms with E-state index in [2.05, 4.69) is 4.72 Å². The molecule has 0 saturated carbocycles. The zero-order chi connectivity index (χ0) is 13.6. The summed E-state index contributed by atoms with van der Waals surface area (Å²) in [6.07, 6.45) is 0.294. The monoisotopic (exact) mass is 274 g/mol. The molecule has 0 saturated heterocycles. The third kappa shape index (κ3) is 4.26. The van der Waals surface area contributed by atoms with Gasteiger partial charge in [-0.2, -0.15) is 0 Å². The van der Waals surface area contributed by atoms with Gasteiger partial charge in [0.15, 0.2) is 0 Å². The molecule has 0 bridgehead atoms. The molecule has 0 fully saturated rings. The van der Waals surface area contributed by atoms with Gasteiger partial charge in [-0.05, 0) is 30.7 Å². The van der Waals surface area contributed by atoms with E-state index in [9.17, 15) is 8.42 Å². The van der Waals surface area contributed by atoms with Crippen molar-refractivity contribution in [2.45, 2.75) is 17.4 Å². The molecule has 102 valence electrons. The maximum absolute atomic E-state index is 12.0. The molecule has 1 unspecified atom stereocenters. The number of aliphatic hydroxyl groups is 1. The zero-order valence-corrected chi connectivity index (χ0v) is 11.0. The average molecular weight is 274 g/mol. The van der Waals surface area contributed by atoms with Crippen molar-refractivity contribution >= 4 is 15.7 Å². The van der Waals surface area contributed by atoms with Crippen LogP contribution in [-0.2, 0) is 14.8 Å². The summed E-state index contributed by atoms with van der Waals surface area (Å²) in [7, 11) is -2.14. The van der Waals surface area contributed by atoms with Crippen LogP contribution in [0.4, 0.5) is 5.69 Å². The summed E-state index contributed by atoms with van der Waals surface area (Å²) >= 11 is 0. The van der Waals surface area contributed by atoms with E-state index in [1.54, 1.807) is 0 Å². The minimum atomic E-state index is -3.62. The summed E-state index contributed by atoms with van der Waals surface area (Å²) in [6.45, 7) is 0.0903. The molecule has 0 aromatic heterocycles. The minimum Gasteiger partial charge on any atom is -0.399 e. The Balaban J connectivity index is 2.82. The molecule has 4 N–H and O–H groups in total. The molecule has 1 atom stereocenters. The van der Waals surface area contributed by atoms with Crippen LogP contribution in [0.2, 0.25) is 0 Å². The number of aliphatic hydroxyl groups excluding tert-OH is 1. The maximum Gasteiger partial charge on any atom is 0.240 e. The molecule has 1 aromatic rings. The van der Waals surface area contributed by atoms with Crippen molar-refractivity contribution in [1.29, 1.82) is 0 Å². The Morgan fingerprint density at radius 2 is 2.00 bits per heavy atom. The van der Waals surface area contributed by atoms with Crippen LogP contribution in [-0.4, -0.2) is 39.9 Å². The second-order valence-corrected chi connectivity index (χ2v) is 5.57. The Labute approximate surface area is 107 Å². The molecular formula is C11H18N2O4S. The average Bonchev–Trinajstić information content (AvgIpc) is 2.29. The minimum absolute atomic E-state index is 0.113. The van der Waals surface area contributed by atoms with Gasteiger partial charge in [-0.25, -0.2) is 13.1 Å². The SMILES string of the molecule is COCC(CCO)NS(=O)(=O)c1ccc(N)cc1. The van der Waals surface area contributed by atoms with Gasteiger partial charge in [0, 0.05) is 25.4 Å². The molecule has 1 rings (SSSR count). The van der Waals surface area contributed by atoms with E-state index in [4.69, 9.17) is 15.6 Å². The standard InChI is InChI=1S/C11H18N2O4S/c1-17-8-10(6-7-14)13-18(15,16)11-4-2-9(12)3-5-11/h2-5,10,13-14H,6-8,12H2,1H3. The van der Waals surface area contributed by atoms with Crippen molar-refractivity contribution in [3.8, 4) is 0 Å². The summed E-state index contributed by atoms with van der Waals surface area (Å²) in [5.74, 6) is 0. The smallest absolute Gasteiger partial charge is 0.240 e. The third-order valence-electron chi connectivity index (χ3n) is 2.36. The van der Waals surface area contributed by atoms with Gasteiger partial charge >= 0.3 is 0 Å². The number of hydrogen-bond acceptors (Lipinski definition) is 5. The number of nitrogens with one attached hydrogen (secondary N) is 1. The van der Waals surface area contributed by atoms with Gasteiger partial charge in [0.2, 0.25) is 10.0 Å². The Morgan fingerprint density at radius 3 is 2.50 bits per heavy atom. The molecule has 6 nitrogen and oxygen atoms in total. The van der Waals surface area contributed by atoms with E-state index in [0.717, 1.165) is 0 Å². The van der Waals surface area contributed by atoms with E-state index in [0.29, 0.717) is 12.1 Å². The van der Waals surface area contributed by atoms with Gasteiger partial charge in [0.25, 0.3) is 0 Å². The third-order valence-corrected chi connectivity index (χ3v) is 3.89. The van der Waals surface area contributed by atoms with Crippen LogP contribution in [0, 0.1) is 0 Å². The highest BCUT2D eigenvalue weighted by atomic mass is 32.2. The lowest BCUT2D eigenvalue weighted by atomic mass is 10.2. The molecule has 18 heavy (non-hydrogen) atoms. The first kappa shape index (κ1) is 14.9. The van der Waals surface area contributed by atoms with Gasteiger partial charge < -0.3 is 15.6 Å². The van der Waals surface area contributed by atoms with Crippen LogP contribution in [0.1, 0.15) is 6.42 Å². The lowest BCUT2D eigenvalue weighted by molar-refractivity contribution is 0.158. The van der Waals surface area contributed by atoms with Crippen LogP contribution >= 0.6 is 0 Å². The Hall–Kier alpha value is -1.15.